The molecule has 11 heavy (non-hydrogen) atoms. The summed E-state index contributed by atoms with van der Waals surface area (Å²) < 4.78 is 0. The third-order valence-corrected chi connectivity index (χ3v) is 2.45. The molecular formula is C8H10NO2. The van der Waals surface area contributed by atoms with Gasteiger partial charge in [-0.05, 0) is 12.8 Å². The van der Waals surface area contributed by atoms with Crippen molar-refractivity contribution in [3.63, 3.8) is 0 Å². The van der Waals surface area contributed by atoms with Gasteiger partial charge >= 0.3 is 0 Å². The number of carbonyl (C=O) groups is 2. The molecule has 1 unspecified atom stereocenters. The molecule has 1 saturated carbocycles. The number of hydrogen-bond donors (Lipinski definition) is 1. The van der Waals surface area contributed by atoms with Gasteiger partial charge in [0.1, 0.15) is 0 Å². The van der Waals surface area contributed by atoms with Crippen molar-refractivity contribution in [3.8, 4) is 0 Å². The molecule has 0 bridgehead atoms. The van der Waals surface area contributed by atoms with Gasteiger partial charge in [0.2, 0.25) is 11.8 Å². The number of fused-ring (bicyclic) bond motifs is 1. The van der Waals surface area contributed by atoms with Gasteiger partial charge in [-0.15, -0.1) is 0 Å². The highest BCUT2D eigenvalue weighted by Crippen LogP contribution is 2.35. The lowest BCUT2D eigenvalue weighted by atomic mass is 9.81. The van der Waals surface area contributed by atoms with Crippen molar-refractivity contribution in [2.75, 3.05) is 0 Å². The van der Waals surface area contributed by atoms with Gasteiger partial charge in [-0.1, -0.05) is 12.8 Å². The van der Waals surface area contributed by atoms with Crippen LogP contribution in [-0.4, -0.2) is 11.8 Å². The molecule has 0 aromatic rings. The van der Waals surface area contributed by atoms with Crippen LogP contribution < -0.4 is 5.32 Å². The maximum atomic E-state index is 11.1. The van der Waals surface area contributed by atoms with Crippen LogP contribution in [0.2, 0.25) is 0 Å². The zero-order valence-corrected chi connectivity index (χ0v) is 6.22. The Hall–Kier alpha value is -0.860. The minimum atomic E-state index is -0.125. The monoisotopic (exact) mass is 152 g/mol. The van der Waals surface area contributed by atoms with Crippen LogP contribution in [-0.2, 0) is 9.59 Å². The van der Waals surface area contributed by atoms with E-state index in [1.165, 1.54) is 0 Å². The SMILES string of the molecule is O=C1NC(=O)C2CCCC[C]12. The number of imide groups is 1. The van der Waals surface area contributed by atoms with Crippen molar-refractivity contribution < 1.29 is 9.59 Å². The van der Waals surface area contributed by atoms with E-state index in [1.807, 2.05) is 0 Å². The first-order valence-electron chi connectivity index (χ1n) is 4.00. The maximum Gasteiger partial charge on any atom is 0.234 e. The zero-order chi connectivity index (χ0) is 7.84. The van der Waals surface area contributed by atoms with Crippen molar-refractivity contribution in [1.82, 2.24) is 5.32 Å². The molecular weight excluding hydrogens is 142 g/mol. The second kappa shape index (κ2) is 2.32. The first kappa shape index (κ1) is 6.83. The normalized spacial score (nSPS) is 31.8. The van der Waals surface area contributed by atoms with Crippen molar-refractivity contribution >= 4 is 11.8 Å². The number of hydrogen-bond acceptors (Lipinski definition) is 2. The molecule has 2 fully saturated rings. The van der Waals surface area contributed by atoms with Crippen LogP contribution in [0.15, 0.2) is 0 Å². The summed E-state index contributed by atoms with van der Waals surface area (Å²) in [4.78, 5) is 22.1. The highest BCUT2D eigenvalue weighted by Gasteiger charge is 2.42. The van der Waals surface area contributed by atoms with Crippen LogP contribution in [0.5, 0.6) is 0 Å². The molecule has 0 aromatic carbocycles. The van der Waals surface area contributed by atoms with Crippen molar-refractivity contribution in [2.24, 2.45) is 5.92 Å². The van der Waals surface area contributed by atoms with E-state index in [2.05, 4.69) is 5.32 Å². The highest BCUT2D eigenvalue weighted by molar-refractivity contribution is 6.12. The van der Waals surface area contributed by atoms with E-state index in [9.17, 15) is 9.59 Å². The molecule has 0 spiro atoms. The van der Waals surface area contributed by atoms with Gasteiger partial charge < -0.3 is 0 Å². The minimum absolute atomic E-state index is 0.0729. The molecule has 1 aliphatic heterocycles. The van der Waals surface area contributed by atoms with E-state index in [4.69, 9.17) is 0 Å². The fourth-order valence-corrected chi connectivity index (χ4v) is 1.85. The third-order valence-electron chi connectivity index (χ3n) is 2.45. The van der Waals surface area contributed by atoms with Crippen LogP contribution in [0.3, 0.4) is 0 Å². The van der Waals surface area contributed by atoms with Gasteiger partial charge in [0, 0.05) is 0 Å². The molecule has 2 rings (SSSR count). The average Bonchev–Trinajstić information content (AvgIpc) is 2.30. The van der Waals surface area contributed by atoms with Crippen LogP contribution in [0.25, 0.3) is 0 Å². The summed E-state index contributed by atoms with van der Waals surface area (Å²) in [5.74, 6) is 0.543. The molecule has 3 heteroatoms. The van der Waals surface area contributed by atoms with Crippen molar-refractivity contribution in [2.45, 2.75) is 25.7 Å². The topological polar surface area (TPSA) is 46.2 Å². The van der Waals surface area contributed by atoms with E-state index in [0.29, 0.717) is 0 Å². The van der Waals surface area contributed by atoms with Crippen LogP contribution in [0.4, 0.5) is 0 Å². The standard InChI is InChI=1S/C8H10NO2/c10-7-5-3-1-2-4-6(5)8(11)9-7/h5H,1-4H2,(H,9,10,11). The lowest BCUT2D eigenvalue weighted by molar-refractivity contribution is -0.125. The van der Waals surface area contributed by atoms with Gasteiger partial charge in [-0.25, -0.2) is 0 Å². The summed E-state index contributed by atoms with van der Waals surface area (Å²) in [7, 11) is 0. The van der Waals surface area contributed by atoms with Gasteiger partial charge in [-0.2, -0.15) is 0 Å². The van der Waals surface area contributed by atoms with Crippen LogP contribution >= 0.6 is 0 Å². The molecule has 0 aromatic heterocycles. The van der Waals surface area contributed by atoms with Gasteiger partial charge in [-0.3, -0.25) is 14.9 Å². The van der Waals surface area contributed by atoms with Crippen molar-refractivity contribution in [1.29, 1.82) is 0 Å². The largest absolute Gasteiger partial charge is 0.296 e. The molecule has 2 aliphatic rings. The predicted octanol–water partition coefficient (Wildman–Crippen LogP) is 0.407. The number of rotatable bonds is 0. The summed E-state index contributed by atoms with van der Waals surface area (Å²) in [6.07, 6.45) is 3.83. The zero-order valence-electron chi connectivity index (χ0n) is 6.22. The molecule has 1 aliphatic carbocycles. The summed E-state index contributed by atoms with van der Waals surface area (Å²) in [6.45, 7) is 0. The molecule has 2 amide bonds. The summed E-state index contributed by atoms with van der Waals surface area (Å²) >= 11 is 0. The molecule has 1 heterocycles. The van der Waals surface area contributed by atoms with E-state index < -0.39 is 0 Å². The predicted molar refractivity (Wildman–Crippen MR) is 38.4 cm³/mol. The fourth-order valence-electron chi connectivity index (χ4n) is 1.85. The smallest absolute Gasteiger partial charge is 0.234 e. The van der Waals surface area contributed by atoms with E-state index >= 15 is 0 Å². The second-order valence-corrected chi connectivity index (χ2v) is 3.14. The Morgan fingerprint density at radius 1 is 1.27 bits per heavy atom. The number of nitrogens with one attached hydrogen (secondary N) is 1. The quantitative estimate of drug-likeness (QED) is 0.511. The summed E-state index contributed by atoms with van der Waals surface area (Å²) in [5, 5.41) is 2.34. The Kier molecular flexibility index (Phi) is 1.44. The lowest BCUT2D eigenvalue weighted by Gasteiger charge is -2.19. The Morgan fingerprint density at radius 3 is 2.82 bits per heavy atom. The Bertz CT molecular complexity index is 190. The van der Waals surface area contributed by atoms with Gasteiger partial charge in [0.05, 0.1) is 11.8 Å². The van der Waals surface area contributed by atoms with Gasteiger partial charge in [0.15, 0.2) is 0 Å². The summed E-state index contributed by atoms with van der Waals surface area (Å²) in [5.41, 5.74) is 0. The molecule has 1 N–H and O–H groups in total. The molecule has 3 nitrogen and oxygen atoms in total. The highest BCUT2D eigenvalue weighted by atomic mass is 16.2. The first-order chi connectivity index (χ1) is 5.29. The van der Waals surface area contributed by atoms with Gasteiger partial charge in [0.25, 0.3) is 0 Å². The van der Waals surface area contributed by atoms with E-state index in [0.717, 1.165) is 31.6 Å². The molecule has 59 valence electrons. The van der Waals surface area contributed by atoms with Crippen molar-refractivity contribution in [3.05, 3.63) is 5.92 Å². The van der Waals surface area contributed by atoms with E-state index in [-0.39, 0.29) is 17.7 Å². The minimum Gasteiger partial charge on any atom is -0.296 e. The summed E-state index contributed by atoms with van der Waals surface area (Å²) in [6, 6.07) is 0. The first-order valence-corrected chi connectivity index (χ1v) is 4.00. The Morgan fingerprint density at radius 2 is 2.09 bits per heavy atom. The molecule has 1 saturated heterocycles. The Labute approximate surface area is 65.2 Å². The number of carbonyl (C=O) groups excluding carboxylic acids is 2. The second-order valence-electron chi connectivity index (χ2n) is 3.14. The number of amides is 2. The fraction of sp³-hybridized carbons (Fsp3) is 0.625. The third kappa shape index (κ3) is 0.951. The van der Waals surface area contributed by atoms with Crippen LogP contribution in [0.1, 0.15) is 25.7 Å². The lowest BCUT2D eigenvalue weighted by Crippen LogP contribution is -2.21. The van der Waals surface area contributed by atoms with E-state index in [1.54, 1.807) is 0 Å². The van der Waals surface area contributed by atoms with Crippen LogP contribution in [0, 0.1) is 11.8 Å². The molecule has 1 atom stereocenters. The molecule has 1 radical (unpaired) electrons. The Balaban J connectivity index is 2.19. The maximum absolute atomic E-state index is 11.1. The average molecular weight is 152 g/mol.